The predicted molar refractivity (Wildman–Crippen MR) is 70.8 cm³/mol. The maximum atomic E-state index is 13.1. The summed E-state index contributed by atoms with van der Waals surface area (Å²) in [4.78, 5) is 13.6. The Bertz CT molecular complexity index is 449. The van der Waals surface area contributed by atoms with Gasteiger partial charge in [0.25, 0.3) is 0 Å². The quantitative estimate of drug-likeness (QED) is 0.818. The van der Waals surface area contributed by atoms with Gasteiger partial charge in [-0.3, -0.25) is 4.79 Å². The van der Waals surface area contributed by atoms with Gasteiger partial charge in [-0.2, -0.15) is 0 Å². The molecule has 1 amide bonds. The van der Waals surface area contributed by atoms with Gasteiger partial charge in [-0.15, -0.1) is 11.3 Å². The number of nitrogens with zero attached hydrogens (tertiary/aromatic N) is 1. The lowest BCUT2D eigenvalue weighted by Gasteiger charge is -2.20. The van der Waals surface area contributed by atoms with Gasteiger partial charge < -0.3 is 4.90 Å². The molecule has 100 valence electrons. The molecule has 0 aliphatic heterocycles. The number of carbonyl (C=O) groups is 1. The number of halogens is 3. The molecule has 1 saturated carbocycles. The van der Waals surface area contributed by atoms with E-state index in [4.69, 9.17) is 0 Å². The van der Waals surface area contributed by atoms with Crippen LogP contribution >= 0.6 is 27.3 Å². The normalized spacial score (nSPS) is 22.1. The summed E-state index contributed by atoms with van der Waals surface area (Å²) in [6, 6.07) is 1.94. The molecule has 1 aliphatic rings. The Morgan fingerprint density at radius 3 is 2.89 bits per heavy atom. The molecular weight excluding hydrogens is 324 g/mol. The first-order valence-electron chi connectivity index (χ1n) is 5.73. The van der Waals surface area contributed by atoms with Gasteiger partial charge >= 0.3 is 0 Å². The van der Waals surface area contributed by atoms with Gasteiger partial charge in [-0.05, 0) is 39.4 Å². The minimum absolute atomic E-state index is 0.165. The highest BCUT2D eigenvalue weighted by atomic mass is 79.9. The Morgan fingerprint density at radius 1 is 1.67 bits per heavy atom. The maximum absolute atomic E-state index is 13.1. The molecule has 0 bridgehead atoms. The third-order valence-electron chi connectivity index (χ3n) is 3.17. The van der Waals surface area contributed by atoms with Crippen LogP contribution in [-0.2, 0) is 11.3 Å². The van der Waals surface area contributed by atoms with E-state index >= 15 is 0 Å². The zero-order chi connectivity index (χ0) is 13.3. The Hall–Kier alpha value is -0.490. The molecule has 18 heavy (non-hydrogen) atoms. The fourth-order valence-corrected chi connectivity index (χ4v) is 3.45. The lowest BCUT2D eigenvalue weighted by Crippen LogP contribution is -2.32. The van der Waals surface area contributed by atoms with Gasteiger partial charge in [0, 0.05) is 32.4 Å². The van der Waals surface area contributed by atoms with Crippen molar-refractivity contribution in [1.82, 2.24) is 4.90 Å². The van der Waals surface area contributed by atoms with Crippen LogP contribution in [0.4, 0.5) is 8.78 Å². The molecule has 1 fully saturated rings. The third-order valence-corrected chi connectivity index (χ3v) is 4.72. The number of hydrogen-bond acceptors (Lipinski definition) is 2. The molecule has 0 spiro atoms. The summed E-state index contributed by atoms with van der Waals surface area (Å²) >= 11 is 4.90. The predicted octanol–water partition coefficient (Wildman–Crippen LogP) is 3.90. The molecule has 1 unspecified atom stereocenters. The van der Waals surface area contributed by atoms with Gasteiger partial charge in [0.05, 0.1) is 3.79 Å². The van der Waals surface area contributed by atoms with Crippen molar-refractivity contribution < 1.29 is 13.6 Å². The molecule has 6 heteroatoms. The minimum atomic E-state index is -2.66. The Labute approximate surface area is 117 Å². The number of carbonyl (C=O) groups excluding carboxylic acids is 1. The average molecular weight is 338 g/mol. The highest BCUT2D eigenvalue weighted by molar-refractivity contribution is 9.11. The van der Waals surface area contributed by atoms with Crippen molar-refractivity contribution in [3.05, 3.63) is 20.8 Å². The van der Waals surface area contributed by atoms with E-state index in [1.165, 1.54) is 0 Å². The van der Waals surface area contributed by atoms with Crippen LogP contribution in [0.3, 0.4) is 0 Å². The van der Waals surface area contributed by atoms with Crippen LogP contribution in [0.5, 0.6) is 0 Å². The molecule has 0 saturated heterocycles. The summed E-state index contributed by atoms with van der Waals surface area (Å²) < 4.78 is 27.2. The largest absolute Gasteiger partial charge is 0.341 e. The Morgan fingerprint density at radius 2 is 2.39 bits per heavy atom. The number of alkyl halides is 2. The van der Waals surface area contributed by atoms with E-state index < -0.39 is 11.8 Å². The highest BCUT2D eigenvalue weighted by Gasteiger charge is 2.43. The molecule has 1 aromatic heterocycles. The first-order chi connectivity index (χ1) is 8.37. The zero-order valence-corrected chi connectivity index (χ0v) is 12.4. The maximum Gasteiger partial charge on any atom is 0.248 e. The van der Waals surface area contributed by atoms with Crippen molar-refractivity contribution in [3.63, 3.8) is 0 Å². The van der Waals surface area contributed by atoms with E-state index in [1.54, 1.807) is 23.3 Å². The Balaban J connectivity index is 1.93. The summed E-state index contributed by atoms with van der Waals surface area (Å²) in [5.74, 6) is -3.35. The molecule has 0 radical (unpaired) electrons. The van der Waals surface area contributed by atoms with E-state index in [9.17, 15) is 13.6 Å². The standard InChI is InChI=1S/C12H14BrF2NOS/c1-16(6-8-4-10(13)18-7-8)11(17)9-2-3-12(14,15)5-9/h4,7,9H,2-3,5-6H2,1H3. The van der Waals surface area contributed by atoms with Crippen LogP contribution in [0.25, 0.3) is 0 Å². The van der Waals surface area contributed by atoms with E-state index in [1.807, 2.05) is 11.4 Å². The van der Waals surface area contributed by atoms with Crippen molar-refractivity contribution in [2.24, 2.45) is 5.92 Å². The number of rotatable bonds is 3. The molecule has 1 heterocycles. The summed E-state index contributed by atoms with van der Waals surface area (Å²) in [5, 5.41) is 1.96. The fourth-order valence-electron chi connectivity index (χ4n) is 2.25. The Kier molecular flexibility index (Phi) is 4.06. The summed E-state index contributed by atoms with van der Waals surface area (Å²) in [6.45, 7) is 0.475. The van der Waals surface area contributed by atoms with Gasteiger partial charge in [0.1, 0.15) is 0 Å². The van der Waals surface area contributed by atoms with Gasteiger partial charge in [0.15, 0.2) is 0 Å². The van der Waals surface area contributed by atoms with Crippen LogP contribution in [0.15, 0.2) is 15.2 Å². The van der Waals surface area contributed by atoms with Crippen LogP contribution < -0.4 is 0 Å². The molecule has 0 N–H and O–H groups in total. The molecule has 0 aromatic carbocycles. The van der Waals surface area contributed by atoms with E-state index in [0.717, 1.165) is 9.35 Å². The molecule has 1 aromatic rings. The second-order valence-corrected chi connectivity index (χ2v) is 7.04. The highest BCUT2D eigenvalue weighted by Crippen LogP contribution is 2.39. The molecule has 1 aliphatic carbocycles. The van der Waals surface area contributed by atoms with Crippen molar-refractivity contribution >= 4 is 33.2 Å². The number of thiophene rings is 1. The minimum Gasteiger partial charge on any atom is -0.341 e. The summed E-state index contributed by atoms with van der Waals surface area (Å²) in [5.41, 5.74) is 1.02. The van der Waals surface area contributed by atoms with Crippen molar-refractivity contribution in [2.45, 2.75) is 31.7 Å². The second kappa shape index (κ2) is 5.25. The third kappa shape index (κ3) is 3.29. The number of amides is 1. The van der Waals surface area contributed by atoms with Crippen LogP contribution in [0.1, 0.15) is 24.8 Å². The first-order valence-corrected chi connectivity index (χ1v) is 7.40. The number of hydrogen-bond donors (Lipinski definition) is 0. The van der Waals surface area contributed by atoms with Crippen LogP contribution in [0.2, 0.25) is 0 Å². The smallest absolute Gasteiger partial charge is 0.248 e. The van der Waals surface area contributed by atoms with Gasteiger partial charge in [-0.25, -0.2) is 8.78 Å². The molecular formula is C12H14BrF2NOS. The average Bonchev–Trinajstić information content (AvgIpc) is 2.83. The topological polar surface area (TPSA) is 20.3 Å². The van der Waals surface area contributed by atoms with E-state index in [2.05, 4.69) is 15.9 Å². The fraction of sp³-hybridized carbons (Fsp3) is 0.583. The van der Waals surface area contributed by atoms with Crippen molar-refractivity contribution in [3.8, 4) is 0 Å². The monoisotopic (exact) mass is 337 g/mol. The lowest BCUT2D eigenvalue weighted by molar-refractivity contribution is -0.135. The van der Waals surface area contributed by atoms with Crippen molar-refractivity contribution in [2.75, 3.05) is 7.05 Å². The molecule has 1 atom stereocenters. The van der Waals surface area contributed by atoms with Crippen LogP contribution in [0, 0.1) is 5.92 Å². The molecule has 2 rings (SSSR count). The van der Waals surface area contributed by atoms with Gasteiger partial charge in [0.2, 0.25) is 11.8 Å². The van der Waals surface area contributed by atoms with Gasteiger partial charge in [-0.1, -0.05) is 0 Å². The van der Waals surface area contributed by atoms with E-state index in [-0.39, 0.29) is 18.7 Å². The second-order valence-electron chi connectivity index (χ2n) is 4.75. The lowest BCUT2D eigenvalue weighted by atomic mass is 10.1. The van der Waals surface area contributed by atoms with Crippen molar-refractivity contribution in [1.29, 1.82) is 0 Å². The SMILES string of the molecule is CN(Cc1csc(Br)c1)C(=O)C1CCC(F)(F)C1. The zero-order valence-electron chi connectivity index (χ0n) is 9.96. The summed E-state index contributed by atoms with van der Waals surface area (Å²) in [6.07, 6.45) is -0.172. The summed E-state index contributed by atoms with van der Waals surface area (Å²) in [7, 11) is 1.67. The first kappa shape index (κ1) is 13.9. The van der Waals surface area contributed by atoms with Crippen LogP contribution in [-0.4, -0.2) is 23.8 Å². The molecule has 2 nitrogen and oxygen atoms in total. The van der Waals surface area contributed by atoms with E-state index in [0.29, 0.717) is 13.0 Å².